The molecule has 0 N–H and O–H groups in total. The van der Waals surface area contributed by atoms with Gasteiger partial charge in [0.25, 0.3) is 0 Å². The third kappa shape index (κ3) is 2.26. The molecule has 0 radical (unpaired) electrons. The van der Waals surface area contributed by atoms with E-state index in [1.807, 2.05) is 0 Å². The van der Waals surface area contributed by atoms with Crippen LogP contribution >= 0.6 is 11.6 Å². The Hall–Kier alpha value is -1.02. The molecular weight excluding hydrogens is 244 g/mol. The fraction of sp³-hybridized carbons (Fsp3) is 0.533. The Morgan fingerprint density at radius 2 is 2.11 bits per heavy atom. The van der Waals surface area contributed by atoms with Gasteiger partial charge < -0.3 is 4.57 Å². The number of hydrogen-bond acceptors (Lipinski definition) is 1. The van der Waals surface area contributed by atoms with Crippen LogP contribution in [0.3, 0.4) is 0 Å². The summed E-state index contributed by atoms with van der Waals surface area (Å²) in [4.78, 5) is 4.70. The van der Waals surface area contributed by atoms with E-state index in [-0.39, 0.29) is 0 Å². The average molecular weight is 263 g/mol. The number of imidazole rings is 1. The van der Waals surface area contributed by atoms with Crippen LogP contribution < -0.4 is 0 Å². The number of fused-ring (bicyclic) bond motifs is 1. The Bertz CT molecular complexity index is 528. The predicted molar refractivity (Wildman–Crippen MR) is 76.1 cm³/mol. The van der Waals surface area contributed by atoms with Gasteiger partial charge in [0, 0.05) is 18.8 Å². The molecule has 1 aliphatic carbocycles. The topological polar surface area (TPSA) is 17.8 Å². The first kappa shape index (κ1) is 12.0. The average Bonchev–Trinajstić information content (AvgIpc) is 2.66. The number of para-hydroxylation sites is 2. The number of aryl methyl sites for hydroxylation is 2. The summed E-state index contributed by atoms with van der Waals surface area (Å²) >= 11 is 5.88. The van der Waals surface area contributed by atoms with Crippen molar-refractivity contribution in [1.29, 1.82) is 0 Å². The van der Waals surface area contributed by atoms with Gasteiger partial charge in [-0.25, -0.2) is 4.98 Å². The lowest BCUT2D eigenvalue weighted by molar-refractivity contribution is 0.282. The van der Waals surface area contributed by atoms with E-state index in [0.717, 1.165) is 30.2 Å². The lowest BCUT2D eigenvalue weighted by Crippen LogP contribution is -2.15. The Morgan fingerprint density at radius 3 is 2.83 bits per heavy atom. The maximum Gasteiger partial charge on any atom is 0.111 e. The summed E-state index contributed by atoms with van der Waals surface area (Å²) in [7, 11) is 0. The quantitative estimate of drug-likeness (QED) is 0.745. The molecule has 1 fully saturated rings. The molecule has 0 atom stereocenters. The molecule has 1 saturated carbocycles. The van der Waals surface area contributed by atoms with Crippen LogP contribution in [-0.4, -0.2) is 15.4 Å². The third-order valence-electron chi connectivity index (χ3n) is 4.04. The molecule has 1 aliphatic rings. The summed E-state index contributed by atoms with van der Waals surface area (Å²) in [6, 6.07) is 8.40. The zero-order valence-electron chi connectivity index (χ0n) is 10.6. The van der Waals surface area contributed by atoms with Crippen molar-refractivity contribution in [1.82, 2.24) is 9.55 Å². The zero-order chi connectivity index (χ0) is 12.4. The number of hydrogen-bond donors (Lipinski definition) is 0. The van der Waals surface area contributed by atoms with Gasteiger partial charge >= 0.3 is 0 Å². The molecule has 3 heteroatoms. The summed E-state index contributed by atoms with van der Waals surface area (Å²) in [6.07, 6.45) is 6.40. The maximum absolute atomic E-state index is 5.88. The van der Waals surface area contributed by atoms with E-state index in [0.29, 0.717) is 5.88 Å². The van der Waals surface area contributed by atoms with Crippen molar-refractivity contribution in [3.8, 4) is 0 Å². The van der Waals surface area contributed by atoms with Crippen LogP contribution in [0.25, 0.3) is 11.0 Å². The van der Waals surface area contributed by atoms with E-state index in [4.69, 9.17) is 16.6 Å². The van der Waals surface area contributed by atoms with Gasteiger partial charge in [0.05, 0.1) is 11.0 Å². The van der Waals surface area contributed by atoms with Crippen LogP contribution in [0.2, 0.25) is 0 Å². The van der Waals surface area contributed by atoms with E-state index >= 15 is 0 Å². The molecule has 0 saturated heterocycles. The van der Waals surface area contributed by atoms with Crippen LogP contribution in [0.1, 0.15) is 31.5 Å². The highest BCUT2D eigenvalue weighted by Crippen LogP contribution is 2.30. The standard InChI is InChI=1S/C15H19ClN2/c16-10-8-15-17-13-6-1-2-7-14(13)18(15)11-9-12-4-3-5-12/h1-2,6-7,12H,3-5,8-11H2. The summed E-state index contributed by atoms with van der Waals surface area (Å²) < 4.78 is 2.37. The van der Waals surface area contributed by atoms with Crippen molar-refractivity contribution < 1.29 is 0 Å². The highest BCUT2D eigenvalue weighted by atomic mass is 35.5. The van der Waals surface area contributed by atoms with Crippen molar-refractivity contribution in [2.75, 3.05) is 5.88 Å². The second kappa shape index (κ2) is 5.31. The smallest absolute Gasteiger partial charge is 0.111 e. The summed E-state index contributed by atoms with van der Waals surface area (Å²) in [5.74, 6) is 2.73. The van der Waals surface area contributed by atoms with E-state index in [9.17, 15) is 0 Å². The first-order valence-corrected chi connectivity index (χ1v) is 7.42. The fourth-order valence-electron chi connectivity index (χ4n) is 2.74. The SMILES string of the molecule is ClCCc1nc2ccccc2n1CCC1CCC1. The lowest BCUT2D eigenvalue weighted by Gasteiger charge is -2.25. The van der Waals surface area contributed by atoms with Gasteiger partial charge in [-0.3, -0.25) is 0 Å². The molecule has 2 nitrogen and oxygen atoms in total. The van der Waals surface area contributed by atoms with Crippen molar-refractivity contribution in [2.45, 2.75) is 38.6 Å². The number of nitrogens with zero attached hydrogens (tertiary/aromatic N) is 2. The predicted octanol–water partition coefficient (Wildman–Crippen LogP) is 4.01. The van der Waals surface area contributed by atoms with Gasteiger partial charge in [0.1, 0.15) is 5.82 Å². The van der Waals surface area contributed by atoms with Gasteiger partial charge in [-0.1, -0.05) is 31.4 Å². The van der Waals surface area contributed by atoms with E-state index in [1.54, 1.807) is 0 Å². The van der Waals surface area contributed by atoms with Gasteiger partial charge in [-0.05, 0) is 24.5 Å². The van der Waals surface area contributed by atoms with Crippen molar-refractivity contribution >= 4 is 22.6 Å². The molecule has 3 rings (SSSR count). The summed E-state index contributed by atoms with van der Waals surface area (Å²) in [5.41, 5.74) is 2.36. The summed E-state index contributed by atoms with van der Waals surface area (Å²) in [5, 5.41) is 0. The van der Waals surface area contributed by atoms with Gasteiger partial charge in [0.15, 0.2) is 0 Å². The molecule has 96 valence electrons. The van der Waals surface area contributed by atoms with Crippen LogP contribution in [0.4, 0.5) is 0 Å². The molecule has 1 aromatic carbocycles. The molecule has 0 unspecified atom stereocenters. The number of aromatic nitrogens is 2. The first-order valence-electron chi connectivity index (χ1n) is 6.88. The molecule has 0 spiro atoms. The number of rotatable bonds is 5. The molecular formula is C15H19ClN2. The van der Waals surface area contributed by atoms with Crippen LogP contribution in [0.15, 0.2) is 24.3 Å². The van der Waals surface area contributed by atoms with Crippen LogP contribution in [-0.2, 0) is 13.0 Å². The highest BCUT2D eigenvalue weighted by molar-refractivity contribution is 6.17. The van der Waals surface area contributed by atoms with E-state index in [2.05, 4.69) is 28.8 Å². The molecule has 0 amide bonds. The van der Waals surface area contributed by atoms with Crippen molar-refractivity contribution in [2.24, 2.45) is 5.92 Å². The van der Waals surface area contributed by atoms with E-state index < -0.39 is 0 Å². The van der Waals surface area contributed by atoms with Crippen molar-refractivity contribution in [3.05, 3.63) is 30.1 Å². The Labute approximate surface area is 113 Å². The minimum Gasteiger partial charge on any atom is -0.328 e. The highest BCUT2D eigenvalue weighted by Gasteiger charge is 2.18. The van der Waals surface area contributed by atoms with Crippen LogP contribution in [0, 0.1) is 5.92 Å². The fourth-order valence-corrected chi connectivity index (χ4v) is 2.91. The largest absolute Gasteiger partial charge is 0.328 e. The molecule has 0 bridgehead atoms. The van der Waals surface area contributed by atoms with Crippen molar-refractivity contribution in [3.63, 3.8) is 0 Å². The molecule has 18 heavy (non-hydrogen) atoms. The number of alkyl halides is 1. The second-order valence-corrected chi connectivity index (χ2v) is 5.57. The second-order valence-electron chi connectivity index (χ2n) is 5.19. The molecule has 2 aromatic rings. The lowest BCUT2D eigenvalue weighted by atomic mass is 9.83. The zero-order valence-corrected chi connectivity index (χ0v) is 11.4. The molecule has 1 heterocycles. The Morgan fingerprint density at radius 1 is 1.28 bits per heavy atom. The minimum absolute atomic E-state index is 0.646. The first-order chi connectivity index (χ1) is 8.88. The summed E-state index contributed by atoms with van der Waals surface area (Å²) in [6.45, 7) is 1.09. The van der Waals surface area contributed by atoms with Gasteiger partial charge in [-0.2, -0.15) is 0 Å². The maximum atomic E-state index is 5.88. The number of halogens is 1. The van der Waals surface area contributed by atoms with Crippen LogP contribution in [0.5, 0.6) is 0 Å². The van der Waals surface area contributed by atoms with Gasteiger partial charge in [0.2, 0.25) is 0 Å². The monoisotopic (exact) mass is 262 g/mol. The van der Waals surface area contributed by atoms with Gasteiger partial charge in [-0.15, -0.1) is 11.6 Å². The molecule has 0 aliphatic heterocycles. The Kier molecular flexibility index (Phi) is 3.55. The normalized spacial score (nSPS) is 16.1. The minimum atomic E-state index is 0.646. The van der Waals surface area contributed by atoms with E-state index in [1.165, 1.54) is 31.2 Å². The number of benzene rings is 1. The molecule has 1 aromatic heterocycles. The third-order valence-corrected chi connectivity index (χ3v) is 4.23. The Balaban J connectivity index is 1.87.